The van der Waals surface area contributed by atoms with Crippen molar-refractivity contribution in [2.24, 2.45) is 28.6 Å². The van der Waals surface area contributed by atoms with Gasteiger partial charge < -0.3 is 18.9 Å². The van der Waals surface area contributed by atoms with Crippen LogP contribution in [0.1, 0.15) is 59.3 Å². The molecule has 0 amide bonds. The summed E-state index contributed by atoms with van der Waals surface area (Å²) in [7, 11) is 3.66. The largest absolute Gasteiger partial charge is 0.469 e. The van der Waals surface area contributed by atoms with Gasteiger partial charge in [0.15, 0.2) is 6.10 Å². The van der Waals surface area contributed by atoms with Crippen molar-refractivity contribution >= 4 is 17.9 Å². The van der Waals surface area contributed by atoms with Crippen LogP contribution < -0.4 is 0 Å². The summed E-state index contributed by atoms with van der Waals surface area (Å²) < 4.78 is 20.5. The van der Waals surface area contributed by atoms with Crippen LogP contribution in [-0.2, 0) is 33.3 Å². The summed E-state index contributed by atoms with van der Waals surface area (Å²) in [6.45, 7) is 11.5. The summed E-state index contributed by atoms with van der Waals surface area (Å²) in [4.78, 5) is 36.8. The first kappa shape index (κ1) is 25.4. The molecule has 2 aliphatic rings. The van der Waals surface area contributed by atoms with Crippen LogP contribution >= 0.6 is 0 Å². The molecule has 7 nitrogen and oxygen atoms in total. The van der Waals surface area contributed by atoms with E-state index >= 15 is 0 Å². The van der Waals surface area contributed by atoms with E-state index in [1.165, 1.54) is 27.8 Å². The van der Waals surface area contributed by atoms with Crippen LogP contribution in [0.15, 0.2) is 12.2 Å². The molecule has 1 unspecified atom stereocenters. The maximum atomic E-state index is 12.5. The molecule has 0 aromatic carbocycles. The molecule has 0 bridgehead atoms. The zero-order chi connectivity index (χ0) is 23.4. The first-order chi connectivity index (χ1) is 14.5. The molecule has 0 saturated heterocycles. The number of fused-ring (bicyclic) bond motifs is 1. The third-order valence-corrected chi connectivity index (χ3v) is 7.68. The molecule has 0 aliphatic heterocycles. The molecule has 0 radical (unpaired) electrons. The Hall–Kier alpha value is -1.89. The minimum absolute atomic E-state index is 0.000857. The summed E-state index contributed by atoms with van der Waals surface area (Å²) in [5, 5.41) is 0. The molecular formula is C24H38O7. The zero-order valence-electron chi connectivity index (χ0n) is 19.8. The average Bonchev–Trinajstić information content (AvgIpc) is 2.72. The van der Waals surface area contributed by atoms with Gasteiger partial charge in [-0.3, -0.25) is 9.59 Å². The maximum Gasteiger partial charge on any atom is 0.335 e. The van der Waals surface area contributed by atoms with E-state index in [2.05, 4.69) is 27.4 Å². The Labute approximate surface area is 185 Å². The van der Waals surface area contributed by atoms with Gasteiger partial charge in [-0.1, -0.05) is 39.3 Å². The number of hydrogen-bond acceptors (Lipinski definition) is 7. The third-order valence-electron chi connectivity index (χ3n) is 7.68. The molecule has 2 fully saturated rings. The van der Waals surface area contributed by atoms with Crippen molar-refractivity contribution in [3.8, 4) is 0 Å². The van der Waals surface area contributed by atoms with Crippen LogP contribution in [0.3, 0.4) is 0 Å². The third kappa shape index (κ3) is 5.30. The highest BCUT2D eigenvalue weighted by Gasteiger charge is 2.53. The van der Waals surface area contributed by atoms with Gasteiger partial charge in [0.2, 0.25) is 0 Å². The summed E-state index contributed by atoms with van der Waals surface area (Å²) in [5.41, 5.74) is 1.34. The van der Waals surface area contributed by atoms with Gasteiger partial charge in [-0.25, -0.2) is 4.79 Å². The number of carbonyl (C=O) groups excluding carboxylic acids is 3. The van der Waals surface area contributed by atoms with E-state index in [9.17, 15) is 14.4 Å². The number of rotatable bonds is 8. The first-order valence-electron chi connectivity index (χ1n) is 11.0. The number of esters is 3. The number of methoxy groups -OCH3 is 3. The van der Waals surface area contributed by atoms with Crippen LogP contribution in [-0.4, -0.2) is 51.9 Å². The van der Waals surface area contributed by atoms with E-state index in [4.69, 9.17) is 18.9 Å². The standard InChI is InChI=1S/C24H38O7/c1-15-9-10-18-23(2,3)11-8-12-24(18,4)17(15)14-31-20(22(27)30-7)16(21(26)29-6)13-19(25)28-5/h16-18,20H,1,8-14H2,2-7H3/t16-,17-,18?,20+,24+/m0/s1. The van der Waals surface area contributed by atoms with Crippen molar-refractivity contribution in [3.63, 3.8) is 0 Å². The van der Waals surface area contributed by atoms with E-state index in [-0.39, 0.29) is 29.8 Å². The van der Waals surface area contributed by atoms with E-state index in [1.54, 1.807) is 0 Å². The van der Waals surface area contributed by atoms with E-state index in [1.807, 2.05) is 0 Å². The lowest BCUT2D eigenvalue weighted by atomic mass is 9.48. The summed E-state index contributed by atoms with van der Waals surface area (Å²) >= 11 is 0. The van der Waals surface area contributed by atoms with Crippen molar-refractivity contribution in [3.05, 3.63) is 12.2 Å². The number of carbonyl (C=O) groups is 3. The number of hydrogen-bond donors (Lipinski definition) is 0. The van der Waals surface area contributed by atoms with Crippen molar-refractivity contribution < 1.29 is 33.3 Å². The lowest BCUT2D eigenvalue weighted by Crippen LogP contribution is -2.51. The Morgan fingerprint density at radius 1 is 1.03 bits per heavy atom. The minimum atomic E-state index is -1.26. The molecular weight excluding hydrogens is 400 g/mol. The molecule has 0 N–H and O–H groups in total. The topological polar surface area (TPSA) is 88.1 Å². The van der Waals surface area contributed by atoms with E-state index in [0.29, 0.717) is 5.92 Å². The average molecular weight is 439 g/mol. The molecule has 0 heterocycles. The summed E-state index contributed by atoms with van der Waals surface area (Å²) in [5.74, 6) is -2.63. The van der Waals surface area contributed by atoms with Crippen LogP contribution in [0, 0.1) is 28.6 Å². The van der Waals surface area contributed by atoms with E-state index in [0.717, 1.165) is 31.3 Å². The zero-order valence-corrected chi connectivity index (χ0v) is 19.8. The van der Waals surface area contributed by atoms with Crippen molar-refractivity contribution in [2.45, 2.75) is 65.4 Å². The summed E-state index contributed by atoms with van der Waals surface area (Å²) in [6, 6.07) is 0. The van der Waals surface area contributed by atoms with Crippen LogP contribution in [0.25, 0.3) is 0 Å². The van der Waals surface area contributed by atoms with Crippen molar-refractivity contribution in [1.29, 1.82) is 0 Å². The monoisotopic (exact) mass is 438 g/mol. The molecule has 7 heteroatoms. The van der Waals surface area contributed by atoms with Gasteiger partial charge in [0.25, 0.3) is 0 Å². The summed E-state index contributed by atoms with van der Waals surface area (Å²) in [6.07, 6.45) is 3.83. The normalized spacial score (nSPS) is 29.3. The van der Waals surface area contributed by atoms with Crippen LogP contribution in [0.5, 0.6) is 0 Å². The minimum Gasteiger partial charge on any atom is -0.469 e. The van der Waals surface area contributed by atoms with Crippen molar-refractivity contribution in [2.75, 3.05) is 27.9 Å². The molecule has 31 heavy (non-hydrogen) atoms. The lowest BCUT2D eigenvalue weighted by Gasteiger charge is -2.58. The fraction of sp³-hybridized carbons (Fsp3) is 0.792. The van der Waals surface area contributed by atoms with Gasteiger partial charge in [-0.2, -0.15) is 0 Å². The molecule has 2 saturated carbocycles. The SMILES string of the molecule is C=C1CCC2C(C)(C)CCC[C@]2(C)[C@H]1CO[C@@H](C(=O)OC)[C@H](CC(=O)OC)C(=O)OC. The van der Waals surface area contributed by atoms with Gasteiger partial charge >= 0.3 is 17.9 Å². The maximum absolute atomic E-state index is 12.5. The fourth-order valence-corrected chi connectivity index (χ4v) is 5.97. The Morgan fingerprint density at radius 3 is 2.26 bits per heavy atom. The highest BCUT2D eigenvalue weighted by Crippen LogP contribution is 2.60. The molecule has 176 valence electrons. The molecule has 0 aromatic heterocycles. The second-order valence-electron chi connectivity index (χ2n) is 9.84. The van der Waals surface area contributed by atoms with Gasteiger partial charge in [0.1, 0.15) is 5.92 Å². The Kier molecular flexibility index (Phi) is 8.31. The molecule has 0 aromatic rings. The Balaban J connectivity index is 2.28. The molecule has 2 rings (SSSR count). The first-order valence-corrected chi connectivity index (χ1v) is 11.0. The highest BCUT2D eigenvalue weighted by atomic mass is 16.6. The van der Waals surface area contributed by atoms with Crippen LogP contribution in [0.2, 0.25) is 0 Å². The van der Waals surface area contributed by atoms with Gasteiger partial charge in [0.05, 0.1) is 34.4 Å². The van der Waals surface area contributed by atoms with Gasteiger partial charge in [-0.15, -0.1) is 0 Å². The lowest BCUT2D eigenvalue weighted by molar-refractivity contribution is -0.174. The van der Waals surface area contributed by atoms with Crippen molar-refractivity contribution in [1.82, 2.24) is 0 Å². The predicted molar refractivity (Wildman–Crippen MR) is 115 cm³/mol. The number of ether oxygens (including phenoxy) is 4. The second-order valence-corrected chi connectivity index (χ2v) is 9.84. The van der Waals surface area contributed by atoms with Gasteiger partial charge in [-0.05, 0) is 42.4 Å². The predicted octanol–water partition coefficient (Wildman–Crippen LogP) is 3.70. The fourth-order valence-electron chi connectivity index (χ4n) is 5.97. The molecule has 0 spiro atoms. The highest BCUT2D eigenvalue weighted by molar-refractivity contribution is 5.87. The van der Waals surface area contributed by atoms with Crippen LogP contribution in [0.4, 0.5) is 0 Å². The molecule has 5 atom stereocenters. The Bertz CT molecular complexity index is 698. The second kappa shape index (κ2) is 10.2. The quantitative estimate of drug-likeness (QED) is 0.324. The Morgan fingerprint density at radius 2 is 1.68 bits per heavy atom. The van der Waals surface area contributed by atoms with Gasteiger partial charge in [0, 0.05) is 5.92 Å². The smallest absolute Gasteiger partial charge is 0.335 e. The molecule has 2 aliphatic carbocycles. The van der Waals surface area contributed by atoms with E-state index < -0.39 is 29.9 Å².